The molecule has 1 unspecified atom stereocenters. The number of hydrogen-bond donors (Lipinski definition) is 3. The van der Waals surface area contributed by atoms with Crippen molar-refractivity contribution in [3.05, 3.63) is 70.2 Å². The van der Waals surface area contributed by atoms with Crippen molar-refractivity contribution in [1.82, 2.24) is 39.8 Å². The summed E-state index contributed by atoms with van der Waals surface area (Å²) in [6.07, 6.45) is 8.55. The highest BCUT2D eigenvalue weighted by atomic mass is 35.5. The summed E-state index contributed by atoms with van der Waals surface area (Å²) in [7, 11) is 1.52. The van der Waals surface area contributed by atoms with Crippen molar-refractivity contribution in [1.29, 1.82) is 0 Å². The van der Waals surface area contributed by atoms with E-state index < -0.39 is 6.04 Å². The van der Waals surface area contributed by atoms with Crippen LogP contribution in [0, 0.1) is 0 Å². The summed E-state index contributed by atoms with van der Waals surface area (Å²) in [5.41, 5.74) is 3.22. The van der Waals surface area contributed by atoms with E-state index in [1.807, 2.05) is 44.3 Å². The molecule has 3 aliphatic heterocycles. The van der Waals surface area contributed by atoms with Crippen LogP contribution in [-0.4, -0.2) is 118 Å². The molecule has 4 fully saturated rings. The molecule has 3 amide bonds. The number of pyridine rings is 1. The van der Waals surface area contributed by atoms with E-state index in [0.717, 1.165) is 98.1 Å². The third kappa shape index (κ3) is 8.52. The summed E-state index contributed by atoms with van der Waals surface area (Å²) in [4.78, 5) is 65.7. The molecular weight excluding hydrogens is 814 g/mol. The fourth-order valence-corrected chi connectivity index (χ4v) is 9.26. The summed E-state index contributed by atoms with van der Waals surface area (Å²) < 4.78 is 15.6. The van der Waals surface area contributed by atoms with Crippen LogP contribution in [0.25, 0.3) is 21.8 Å². The summed E-state index contributed by atoms with van der Waals surface area (Å²) in [6, 6.07) is 13.6. The van der Waals surface area contributed by atoms with Crippen LogP contribution in [0.2, 0.25) is 5.02 Å². The predicted octanol–water partition coefficient (Wildman–Crippen LogP) is 4.56. The van der Waals surface area contributed by atoms with Crippen molar-refractivity contribution in [3.63, 3.8) is 0 Å². The first-order valence-corrected chi connectivity index (χ1v) is 21.9. The normalized spacial score (nSPS) is 21.3. The van der Waals surface area contributed by atoms with Crippen molar-refractivity contribution in [2.45, 2.75) is 82.7 Å². The molecule has 6 heterocycles. The third-order valence-corrected chi connectivity index (χ3v) is 12.9. The second-order valence-electron chi connectivity index (χ2n) is 16.9. The number of ether oxygens (including phenoxy) is 2. The average Bonchev–Trinajstić information content (AvgIpc) is 3.68. The smallest absolute Gasteiger partial charge is 0.293 e. The number of piperazine rings is 1. The summed E-state index contributed by atoms with van der Waals surface area (Å²) in [5.74, 6) is 0.325. The fourth-order valence-electron chi connectivity index (χ4n) is 9.12. The molecule has 1 saturated carbocycles. The average molecular weight is 866 g/mol. The number of benzene rings is 2. The second-order valence-corrected chi connectivity index (χ2v) is 17.3. The van der Waals surface area contributed by atoms with Gasteiger partial charge in [0.2, 0.25) is 11.9 Å². The number of aromatic nitrogens is 5. The van der Waals surface area contributed by atoms with Gasteiger partial charge in [0.05, 0.1) is 35.6 Å². The SMILES string of the molecule is CNC(=O)COc1cc2cc(Nc3nc(N4CCC(O[C@H]5C[C@H](N6CCN(c7ccc8c(cnn8C8CCC(=O)NC8=O)c7)CC6)C5)CC4)ncc3Cl)ccc2n(C(C)C)c1=O. The number of carbonyl (C=O) groups excluding carboxylic acids is 3. The maximum absolute atomic E-state index is 13.2. The van der Waals surface area contributed by atoms with Crippen molar-refractivity contribution >= 4 is 74.3 Å². The molecule has 2 aromatic carbocycles. The van der Waals surface area contributed by atoms with Crippen molar-refractivity contribution in [2.75, 3.05) is 68.0 Å². The van der Waals surface area contributed by atoms with Gasteiger partial charge in [-0.3, -0.25) is 34.1 Å². The van der Waals surface area contributed by atoms with Crippen LogP contribution in [0.15, 0.2) is 59.7 Å². The molecule has 1 aliphatic carbocycles. The zero-order valence-corrected chi connectivity index (χ0v) is 35.9. The predicted molar refractivity (Wildman–Crippen MR) is 237 cm³/mol. The van der Waals surface area contributed by atoms with Gasteiger partial charge in [0.15, 0.2) is 18.2 Å². The first kappa shape index (κ1) is 41.6. The molecule has 3 aromatic heterocycles. The minimum Gasteiger partial charge on any atom is -0.478 e. The number of anilines is 4. The maximum Gasteiger partial charge on any atom is 0.293 e. The van der Waals surface area contributed by atoms with Crippen LogP contribution < -0.4 is 36.0 Å². The monoisotopic (exact) mass is 865 g/mol. The molecule has 0 spiro atoms. The molecular formula is C44H52ClN11O6. The molecule has 3 saturated heterocycles. The number of carbonyl (C=O) groups is 3. The Morgan fingerprint density at radius 2 is 1.68 bits per heavy atom. The van der Waals surface area contributed by atoms with Crippen LogP contribution >= 0.6 is 11.6 Å². The summed E-state index contributed by atoms with van der Waals surface area (Å²) in [5, 5.41) is 14.9. The Morgan fingerprint density at radius 1 is 0.903 bits per heavy atom. The van der Waals surface area contributed by atoms with E-state index in [2.05, 4.69) is 52.9 Å². The Kier molecular flexibility index (Phi) is 11.8. The van der Waals surface area contributed by atoms with E-state index in [9.17, 15) is 19.2 Å². The molecule has 17 nitrogen and oxygen atoms in total. The lowest BCUT2D eigenvalue weighted by atomic mass is 9.87. The second kappa shape index (κ2) is 17.5. The number of halogens is 1. The minimum absolute atomic E-state index is 0.0985. The lowest BCUT2D eigenvalue weighted by Crippen LogP contribution is -2.56. The zero-order chi connectivity index (χ0) is 43.1. The number of amides is 3. The first-order valence-electron chi connectivity index (χ1n) is 21.5. The lowest BCUT2D eigenvalue weighted by Gasteiger charge is -2.47. The van der Waals surface area contributed by atoms with Gasteiger partial charge < -0.3 is 34.5 Å². The van der Waals surface area contributed by atoms with Crippen LogP contribution in [0.4, 0.5) is 23.1 Å². The molecule has 326 valence electrons. The van der Waals surface area contributed by atoms with Crippen LogP contribution in [-0.2, 0) is 19.1 Å². The highest BCUT2D eigenvalue weighted by molar-refractivity contribution is 6.33. The number of imide groups is 1. The highest BCUT2D eigenvalue weighted by Gasteiger charge is 2.38. The Hall–Kier alpha value is -5.78. The molecule has 5 aromatic rings. The molecule has 62 heavy (non-hydrogen) atoms. The van der Waals surface area contributed by atoms with Crippen molar-refractivity contribution in [2.24, 2.45) is 0 Å². The Bertz CT molecular complexity index is 2560. The van der Waals surface area contributed by atoms with E-state index in [0.29, 0.717) is 35.7 Å². The molecule has 4 aliphatic rings. The maximum atomic E-state index is 13.2. The molecule has 18 heteroatoms. The van der Waals surface area contributed by atoms with Gasteiger partial charge in [0.25, 0.3) is 17.4 Å². The van der Waals surface area contributed by atoms with Gasteiger partial charge in [-0.15, -0.1) is 0 Å². The Balaban J connectivity index is 0.746. The van der Waals surface area contributed by atoms with Gasteiger partial charge >= 0.3 is 0 Å². The van der Waals surface area contributed by atoms with E-state index >= 15 is 0 Å². The van der Waals surface area contributed by atoms with Gasteiger partial charge in [0, 0.05) is 87.0 Å². The number of rotatable bonds is 12. The van der Waals surface area contributed by atoms with E-state index in [4.69, 9.17) is 26.1 Å². The van der Waals surface area contributed by atoms with E-state index in [-0.39, 0.29) is 53.9 Å². The van der Waals surface area contributed by atoms with E-state index in [1.54, 1.807) is 21.5 Å². The van der Waals surface area contributed by atoms with Gasteiger partial charge in [-0.25, -0.2) is 4.98 Å². The topological polar surface area (TPSA) is 181 Å². The van der Waals surface area contributed by atoms with Gasteiger partial charge in [-0.05, 0) is 88.4 Å². The molecule has 1 atom stereocenters. The molecule has 3 N–H and O–H groups in total. The lowest BCUT2D eigenvalue weighted by molar-refractivity contribution is -0.136. The van der Waals surface area contributed by atoms with Crippen LogP contribution in [0.3, 0.4) is 0 Å². The van der Waals surface area contributed by atoms with Gasteiger partial charge in [-0.1, -0.05) is 11.6 Å². The molecule has 0 bridgehead atoms. The zero-order valence-electron chi connectivity index (χ0n) is 35.2. The van der Waals surface area contributed by atoms with Crippen LogP contribution in [0.1, 0.15) is 64.5 Å². The Labute approximate surface area is 363 Å². The summed E-state index contributed by atoms with van der Waals surface area (Å²) in [6.45, 7) is 9.03. The van der Waals surface area contributed by atoms with Gasteiger partial charge in [0.1, 0.15) is 11.1 Å². The number of piperidine rings is 2. The number of hydrogen-bond acceptors (Lipinski definition) is 13. The third-order valence-electron chi connectivity index (χ3n) is 12.6. The largest absolute Gasteiger partial charge is 0.478 e. The van der Waals surface area contributed by atoms with Crippen molar-refractivity contribution in [3.8, 4) is 5.75 Å². The number of nitrogens with one attached hydrogen (secondary N) is 3. The van der Waals surface area contributed by atoms with Crippen molar-refractivity contribution < 1.29 is 23.9 Å². The van der Waals surface area contributed by atoms with Gasteiger partial charge in [-0.2, -0.15) is 10.1 Å². The fraction of sp³-hybridized carbons (Fsp3) is 0.477. The highest BCUT2D eigenvalue weighted by Crippen LogP contribution is 2.34. The first-order chi connectivity index (χ1) is 30.0. The molecule has 0 radical (unpaired) electrons. The number of fused-ring (bicyclic) bond motifs is 2. The quantitative estimate of drug-likeness (QED) is 0.149. The molecule has 9 rings (SSSR count). The standard InChI is InChI=1S/C44H52ClN11O6/c1-26(2)55-35-6-4-29(18-27(35)20-38(43(55)60)61-25-40(58)46-3)49-41-34(45)24-47-44(51-41)54-12-10-32(11-13-54)62-33-21-31(22-33)53-16-14-52(15-17-53)30-5-7-36-28(19-30)23-48-56(36)37-8-9-39(57)50-42(37)59/h4-7,18-20,23-24,26,31-33,37H,8-17,21-22,25H2,1-3H3,(H,46,58)(H,47,49,51)(H,50,57,59)/t31-,33-,37?. The summed E-state index contributed by atoms with van der Waals surface area (Å²) >= 11 is 6.60. The minimum atomic E-state index is -0.467. The van der Waals surface area contributed by atoms with E-state index in [1.165, 1.54) is 7.05 Å². The van der Waals surface area contributed by atoms with Crippen LogP contribution in [0.5, 0.6) is 5.75 Å². The Morgan fingerprint density at radius 3 is 2.42 bits per heavy atom. The number of likely N-dealkylation sites (N-methyl/N-ethyl adjacent to an activating group) is 1. The number of nitrogens with zero attached hydrogens (tertiary/aromatic N) is 8.